The van der Waals surface area contributed by atoms with Gasteiger partial charge in [-0.2, -0.15) is 0 Å². The normalized spacial score (nSPS) is 19.1. The highest BCUT2D eigenvalue weighted by atomic mass is 32.1. The number of hydrogen-bond acceptors (Lipinski definition) is 4. The number of carbonyl (C=O) groups is 2. The summed E-state index contributed by atoms with van der Waals surface area (Å²) < 4.78 is 0. The Morgan fingerprint density at radius 1 is 1.45 bits per heavy atom. The van der Waals surface area contributed by atoms with Crippen molar-refractivity contribution in [2.45, 2.75) is 12.5 Å². The van der Waals surface area contributed by atoms with Crippen molar-refractivity contribution in [2.24, 2.45) is 0 Å². The molecule has 5 nitrogen and oxygen atoms in total. The predicted molar refractivity (Wildman–Crippen MR) is 79.0 cm³/mol. The summed E-state index contributed by atoms with van der Waals surface area (Å²) in [5, 5.41) is 8.58. The van der Waals surface area contributed by atoms with Gasteiger partial charge in [0.15, 0.2) is 0 Å². The van der Waals surface area contributed by atoms with Crippen molar-refractivity contribution in [2.75, 3.05) is 27.2 Å². The Morgan fingerprint density at radius 3 is 2.80 bits per heavy atom. The number of amides is 1. The second-order valence-electron chi connectivity index (χ2n) is 5.03. The predicted octanol–water partition coefficient (Wildman–Crippen LogP) is 1.62. The molecule has 1 fully saturated rings. The Balaban J connectivity index is 2.02. The van der Waals surface area contributed by atoms with Crippen LogP contribution in [0.3, 0.4) is 0 Å². The van der Waals surface area contributed by atoms with Crippen LogP contribution in [0.15, 0.2) is 18.2 Å². The Kier molecular flexibility index (Phi) is 4.57. The lowest BCUT2D eigenvalue weighted by molar-refractivity contribution is -0.131. The van der Waals surface area contributed by atoms with Crippen molar-refractivity contribution in [1.82, 2.24) is 9.80 Å². The van der Waals surface area contributed by atoms with E-state index in [0.29, 0.717) is 10.9 Å². The molecule has 0 bridgehead atoms. The molecule has 1 aromatic rings. The van der Waals surface area contributed by atoms with E-state index in [4.69, 9.17) is 5.11 Å². The van der Waals surface area contributed by atoms with Gasteiger partial charge in [0.2, 0.25) is 0 Å². The van der Waals surface area contributed by atoms with Crippen molar-refractivity contribution >= 4 is 29.3 Å². The molecule has 0 aromatic carbocycles. The average Bonchev–Trinajstić information content (AvgIpc) is 3.05. The lowest BCUT2D eigenvalue weighted by Crippen LogP contribution is -2.34. The Labute approximate surface area is 122 Å². The molecule has 1 atom stereocenters. The molecular formula is C14H18N2O3S. The Bertz CT molecular complexity index is 536. The molecule has 2 rings (SSSR count). The third-order valence-corrected chi connectivity index (χ3v) is 4.45. The van der Waals surface area contributed by atoms with Gasteiger partial charge in [-0.25, -0.2) is 4.79 Å². The molecule has 1 aliphatic heterocycles. The summed E-state index contributed by atoms with van der Waals surface area (Å²) in [5.74, 6) is -0.950. The van der Waals surface area contributed by atoms with E-state index in [-0.39, 0.29) is 5.91 Å². The van der Waals surface area contributed by atoms with Crippen molar-refractivity contribution in [3.8, 4) is 0 Å². The van der Waals surface area contributed by atoms with Crippen LogP contribution in [0.1, 0.15) is 21.0 Å². The number of carbonyl (C=O) groups excluding carboxylic acids is 1. The number of carboxylic acid groups (broad SMARTS) is 1. The summed E-state index contributed by atoms with van der Waals surface area (Å²) >= 11 is 1.32. The second kappa shape index (κ2) is 6.19. The van der Waals surface area contributed by atoms with Crippen molar-refractivity contribution < 1.29 is 14.7 Å². The Hall–Kier alpha value is -1.66. The van der Waals surface area contributed by atoms with Crippen molar-refractivity contribution in [1.29, 1.82) is 0 Å². The monoisotopic (exact) mass is 294 g/mol. The zero-order valence-corrected chi connectivity index (χ0v) is 12.4. The van der Waals surface area contributed by atoms with Crippen LogP contribution in [0, 0.1) is 0 Å². The van der Waals surface area contributed by atoms with E-state index in [2.05, 4.69) is 4.90 Å². The lowest BCUT2D eigenvalue weighted by atomic mass is 10.2. The minimum absolute atomic E-state index is 0.0364. The number of hydrogen-bond donors (Lipinski definition) is 1. The number of rotatable bonds is 4. The number of thiophene rings is 1. The van der Waals surface area contributed by atoms with Gasteiger partial charge >= 0.3 is 5.97 Å². The first-order chi connectivity index (χ1) is 9.47. The molecule has 0 aliphatic carbocycles. The highest BCUT2D eigenvalue weighted by Gasteiger charge is 2.28. The van der Waals surface area contributed by atoms with Crippen molar-refractivity contribution in [3.05, 3.63) is 28.0 Å². The van der Waals surface area contributed by atoms with Gasteiger partial charge in [-0.3, -0.25) is 4.79 Å². The van der Waals surface area contributed by atoms with Crippen LogP contribution >= 0.6 is 11.3 Å². The van der Waals surface area contributed by atoms with Crippen LogP contribution in [0.5, 0.6) is 0 Å². The first-order valence-corrected chi connectivity index (χ1v) is 7.25. The number of carboxylic acids is 1. The van der Waals surface area contributed by atoms with Crippen LogP contribution in [0.4, 0.5) is 0 Å². The maximum absolute atomic E-state index is 12.3. The topological polar surface area (TPSA) is 60.9 Å². The fraction of sp³-hybridized carbons (Fsp3) is 0.429. The van der Waals surface area contributed by atoms with E-state index in [1.807, 2.05) is 19.0 Å². The fourth-order valence-electron chi connectivity index (χ4n) is 2.21. The highest BCUT2D eigenvalue weighted by molar-refractivity contribution is 7.14. The standard InChI is InChI=1S/C14H18N2O3S/c1-15(2)10-7-8-16(9-10)14(19)12-5-3-11(20-12)4-6-13(17)18/h3-6,10H,7-9H2,1-2H3,(H,17,18). The summed E-state index contributed by atoms with van der Waals surface area (Å²) in [6.45, 7) is 1.53. The van der Waals surface area contributed by atoms with E-state index < -0.39 is 5.97 Å². The zero-order chi connectivity index (χ0) is 14.7. The van der Waals surface area contributed by atoms with Gasteiger partial charge in [-0.15, -0.1) is 11.3 Å². The van der Waals surface area contributed by atoms with Gasteiger partial charge in [0.05, 0.1) is 4.88 Å². The molecule has 1 aliphatic rings. The maximum Gasteiger partial charge on any atom is 0.328 e. The fourth-order valence-corrected chi connectivity index (χ4v) is 3.09. The summed E-state index contributed by atoms with van der Waals surface area (Å²) in [7, 11) is 4.05. The molecule has 0 spiro atoms. The van der Waals surface area contributed by atoms with E-state index in [0.717, 1.165) is 30.5 Å². The van der Waals surface area contributed by atoms with E-state index in [1.54, 1.807) is 12.1 Å². The average molecular weight is 294 g/mol. The number of likely N-dealkylation sites (N-methyl/N-ethyl adjacent to an activating group) is 1. The molecular weight excluding hydrogens is 276 g/mol. The first-order valence-electron chi connectivity index (χ1n) is 6.44. The minimum Gasteiger partial charge on any atom is -0.478 e. The molecule has 0 radical (unpaired) electrons. The number of nitrogens with zero attached hydrogens (tertiary/aromatic N) is 2. The van der Waals surface area contributed by atoms with Gasteiger partial charge in [0.1, 0.15) is 0 Å². The number of aliphatic carboxylic acids is 1. The molecule has 20 heavy (non-hydrogen) atoms. The quantitative estimate of drug-likeness (QED) is 0.857. The summed E-state index contributed by atoms with van der Waals surface area (Å²) in [4.78, 5) is 28.2. The first kappa shape index (κ1) is 14.7. The van der Waals surface area contributed by atoms with Gasteiger partial charge in [0.25, 0.3) is 5.91 Å². The third-order valence-electron chi connectivity index (χ3n) is 3.41. The molecule has 0 saturated carbocycles. The van der Waals surface area contributed by atoms with Gasteiger partial charge in [-0.05, 0) is 38.7 Å². The SMILES string of the molecule is CN(C)C1CCN(C(=O)c2ccc(C=CC(=O)O)s2)C1. The highest BCUT2D eigenvalue weighted by Crippen LogP contribution is 2.22. The van der Waals surface area contributed by atoms with Crippen LogP contribution in [0.2, 0.25) is 0 Å². The third kappa shape index (κ3) is 3.46. The van der Waals surface area contributed by atoms with Gasteiger partial charge in [0, 0.05) is 30.1 Å². The van der Waals surface area contributed by atoms with E-state index in [9.17, 15) is 9.59 Å². The molecule has 1 unspecified atom stereocenters. The lowest BCUT2D eigenvalue weighted by Gasteiger charge is -2.19. The minimum atomic E-state index is -0.986. The summed E-state index contributed by atoms with van der Waals surface area (Å²) in [6.07, 6.45) is 3.59. The van der Waals surface area contributed by atoms with Crippen LogP contribution < -0.4 is 0 Å². The number of likely N-dealkylation sites (tertiary alicyclic amines) is 1. The van der Waals surface area contributed by atoms with E-state index in [1.165, 1.54) is 17.4 Å². The molecule has 6 heteroatoms. The van der Waals surface area contributed by atoms with E-state index >= 15 is 0 Å². The molecule has 1 aromatic heterocycles. The molecule has 1 N–H and O–H groups in total. The van der Waals surface area contributed by atoms with Crippen molar-refractivity contribution in [3.63, 3.8) is 0 Å². The molecule has 1 amide bonds. The maximum atomic E-state index is 12.3. The largest absolute Gasteiger partial charge is 0.478 e. The Morgan fingerprint density at radius 2 is 2.20 bits per heavy atom. The van der Waals surface area contributed by atoms with Crippen LogP contribution in [-0.2, 0) is 4.79 Å². The van der Waals surface area contributed by atoms with Gasteiger partial charge < -0.3 is 14.9 Å². The molecule has 1 saturated heterocycles. The smallest absolute Gasteiger partial charge is 0.328 e. The summed E-state index contributed by atoms with van der Waals surface area (Å²) in [6, 6.07) is 3.96. The van der Waals surface area contributed by atoms with Crippen LogP contribution in [0.25, 0.3) is 6.08 Å². The van der Waals surface area contributed by atoms with Gasteiger partial charge in [-0.1, -0.05) is 0 Å². The van der Waals surface area contributed by atoms with Crippen LogP contribution in [-0.4, -0.2) is 60.0 Å². The second-order valence-corrected chi connectivity index (χ2v) is 6.15. The molecule has 2 heterocycles. The molecule has 108 valence electrons. The summed E-state index contributed by atoms with van der Waals surface area (Å²) in [5.41, 5.74) is 0. The zero-order valence-electron chi connectivity index (χ0n) is 11.6.